The molecule has 0 spiro atoms. The van der Waals surface area contributed by atoms with E-state index in [0.29, 0.717) is 22.5 Å². The first-order valence-electron chi connectivity index (χ1n) is 8.45. The van der Waals surface area contributed by atoms with Crippen LogP contribution in [-0.2, 0) is 14.4 Å². The van der Waals surface area contributed by atoms with Crippen LogP contribution in [0.5, 0.6) is 0 Å². The zero-order valence-electron chi connectivity index (χ0n) is 13.2. The third-order valence-electron chi connectivity index (χ3n) is 5.69. The molecule has 24 heavy (non-hydrogen) atoms. The molecule has 4 rings (SSSR count). The fourth-order valence-electron chi connectivity index (χ4n) is 4.69. The van der Waals surface area contributed by atoms with E-state index in [1.54, 1.807) is 24.3 Å². The van der Waals surface area contributed by atoms with Crippen LogP contribution in [0.3, 0.4) is 0 Å². The van der Waals surface area contributed by atoms with Crippen LogP contribution in [0.15, 0.2) is 24.3 Å². The van der Waals surface area contributed by atoms with E-state index in [0.717, 1.165) is 19.3 Å². The molecule has 1 aromatic carbocycles. The standard InChI is InChI=1S/C18H19ClN2O3/c19-12-2-1-3-13(9-12)20-14(22)6-7-21-17(23)15-10-4-5-11(8-10)16(15)18(21)24/h1-3,9-11,15-16H,4-8H2,(H,20,22)/t10-,11-,15-,16+/m1/s1. The molecule has 3 fully saturated rings. The summed E-state index contributed by atoms with van der Waals surface area (Å²) in [6, 6.07) is 6.89. The molecule has 3 aliphatic rings. The Morgan fingerprint density at radius 3 is 2.46 bits per heavy atom. The molecule has 126 valence electrons. The summed E-state index contributed by atoms with van der Waals surface area (Å²) in [6.07, 6.45) is 3.26. The highest BCUT2D eigenvalue weighted by Crippen LogP contribution is 2.56. The second-order valence-corrected chi connectivity index (χ2v) is 7.46. The zero-order chi connectivity index (χ0) is 16.8. The minimum absolute atomic E-state index is 0.0623. The highest BCUT2D eigenvalue weighted by molar-refractivity contribution is 6.30. The molecule has 3 amide bonds. The molecule has 1 saturated heterocycles. The Morgan fingerprint density at radius 1 is 1.17 bits per heavy atom. The van der Waals surface area contributed by atoms with E-state index in [1.165, 1.54) is 4.90 Å². The van der Waals surface area contributed by atoms with Gasteiger partial charge < -0.3 is 5.32 Å². The molecule has 4 atom stereocenters. The summed E-state index contributed by atoms with van der Waals surface area (Å²) in [5.41, 5.74) is 0.612. The van der Waals surface area contributed by atoms with Crippen LogP contribution < -0.4 is 5.32 Å². The third kappa shape index (κ3) is 2.51. The van der Waals surface area contributed by atoms with Crippen molar-refractivity contribution in [2.24, 2.45) is 23.7 Å². The summed E-state index contributed by atoms with van der Waals surface area (Å²) in [5.74, 6) is 0.168. The molecule has 2 saturated carbocycles. The first-order valence-corrected chi connectivity index (χ1v) is 8.83. The number of likely N-dealkylation sites (tertiary alicyclic amines) is 1. The number of nitrogens with zero attached hydrogens (tertiary/aromatic N) is 1. The molecule has 0 unspecified atom stereocenters. The van der Waals surface area contributed by atoms with Crippen molar-refractivity contribution >= 4 is 35.0 Å². The van der Waals surface area contributed by atoms with Gasteiger partial charge in [-0.05, 0) is 49.3 Å². The van der Waals surface area contributed by atoms with Gasteiger partial charge in [0.05, 0.1) is 11.8 Å². The summed E-state index contributed by atoms with van der Waals surface area (Å²) < 4.78 is 0. The van der Waals surface area contributed by atoms with Crippen LogP contribution in [0.2, 0.25) is 5.02 Å². The fraction of sp³-hybridized carbons (Fsp3) is 0.500. The predicted octanol–water partition coefficient (Wildman–Crippen LogP) is 2.70. The Hall–Kier alpha value is -1.88. The summed E-state index contributed by atoms with van der Waals surface area (Å²) in [4.78, 5) is 38.5. The SMILES string of the molecule is O=C(CCN1C(=O)[C@@H]2[C@@H]3CC[C@H](C3)[C@@H]2C1=O)Nc1cccc(Cl)c1. The van der Waals surface area contributed by atoms with Gasteiger partial charge in [0.15, 0.2) is 0 Å². The number of hydrogen-bond donors (Lipinski definition) is 1. The van der Waals surface area contributed by atoms with Crippen molar-refractivity contribution < 1.29 is 14.4 Å². The lowest BCUT2D eigenvalue weighted by atomic mass is 9.81. The number of amides is 3. The second-order valence-electron chi connectivity index (χ2n) is 7.02. The first kappa shape index (κ1) is 15.6. The maximum Gasteiger partial charge on any atom is 0.233 e. The van der Waals surface area contributed by atoms with Gasteiger partial charge >= 0.3 is 0 Å². The van der Waals surface area contributed by atoms with E-state index in [-0.39, 0.29) is 42.5 Å². The highest BCUT2D eigenvalue weighted by atomic mass is 35.5. The number of benzene rings is 1. The third-order valence-corrected chi connectivity index (χ3v) is 5.92. The van der Waals surface area contributed by atoms with Gasteiger partial charge in [0.2, 0.25) is 17.7 Å². The molecule has 1 N–H and O–H groups in total. The maximum absolute atomic E-state index is 12.6. The van der Waals surface area contributed by atoms with E-state index < -0.39 is 0 Å². The lowest BCUT2D eigenvalue weighted by molar-refractivity contribution is -0.140. The van der Waals surface area contributed by atoms with Crippen LogP contribution in [0.25, 0.3) is 0 Å². The molecule has 2 bridgehead atoms. The maximum atomic E-state index is 12.6. The molecule has 0 radical (unpaired) electrons. The zero-order valence-corrected chi connectivity index (χ0v) is 14.0. The monoisotopic (exact) mass is 346 g/mol. The van der Waals surface area contributed by atoms with Crippen LogP contribution >= 0.6 is 11.6 Å². The summed E-state index contributed by atoms with van der Waals surface area (Å²) >= 11 is 5.89. The van der Waals surface area contributed by atoms with E-state index in [4.69, 9.17) is 11.6 Å². The molecule has 1 aromatic rings. The molecular formula is C18H19ClN2O3. The van der Waals surface area contributed by atoms with Crippen molar-refractivity contribution in [3.05, 3.63) is 29.3 Å². The molecular weight excluding hydrogens is 328 g/mol. The highest BCUT2D eigenvalue weighted by Gasteiger charge is 2.60. The van der Waals surface area contributed by atoms with Crippen molar-refractivity contribution in [3.8, 4) is 0 Å². The number of hydrogen-bond acceptors (Lipinski definition) is 3. The normalized spacial score (nSPS) is 30.8. The molecule has 2 aliphatic carbocycles. The summed E-state index contributed by atoms with van der Waals surface area (Å²) in [7, 11) is 0. The largest absolute Gasteiger partial charge is 0.326 e. The lowest BCUT2D eigenvalue weighted by Crippen LogP contribution is -2.35. The van der Waals surface area contributed by atoms with E-state index >= 15 is 0 Å². The number of carbonyl (C=O) groups excluding carboxylic acids is 3. The average Bonchev–Trinajstić information content (AvgIpc) is 3.20. The minimum Gasteiger partial charge on any atom is -0.326 e. The second kappa shape index (κ2) is 5.88. The molecule has 1 heterocycles. The predicted molar refractivity (Wildman–Crippen MR) is 89.2 cm³/mol. The molecule has 0 aromatic heterocycles. The van der Waals surface area contributed by atoms with Crippen molar-refractivity contribution in [2.75, 3.05) is 11.9 Å². The summed E-state index contributed by atoms with van der Waals surface area (Å²) in [6.45, 7) is 0.163. The van der Waals surface area contributed by atoms with Gasteiger partial charge in [0.1, 0.15) is 0 Å². The number of nitrogens with one attached hydrogen (secondary N) is 1. The van der Waals surface area contributed by atoms with Gasteiger partial charge in [-0.1, -0.05) is 17.7 Å². The Morgan fingerprint density at radius 2 is 1.83 bits per heavy atom. The Balaban J connectivity index is 1.37. The van der Waals surface area contributed by atoms with Crippen LogP contribution in [0, 0.1) is 23.7 Å². The Labute approximate surface area is 145 Å². The number of imide groups is 1. The van der Waals surface area contributed by atoms with Crippen molar-refractivity contribution in [1.82, 2.24) is 4.90 Å². The van der Waals surface area contributed by atoms with Crippen LogP contribution in [-0.4, -0.2) is 29.2 Å². The quantitative estimate of drug-likeness (QED) is 0.852. The number of fused-ring (bicyclic) bond motifs is 5. The smallest absolute Gasteiger partial charge is 0.233 e. The van der Waals surface area contributed by atoms with Crippen LogP contribution in [0.1, 0.15) is 25.7 Å². The van der Waals surface area contributed by atoms with Crippen molar-refractivity contribution in [3.63, 3.8) is 0 Å². The minimum atomic E-state index is -0.224. The number of rotatable bonds is 4. The number of carbonyl (C=O) groups is 3. The van der Waals surface area contributed by atoms with E-state index in [2.05, 4.69) is 5.32 Å². The van der Waals surface area contributed by atoms with E-state index in [1.807, 2.05) is 0 Å². The van der Waals surface area contributed by atoms with Gasteiger partial charge in [0, 0.05) is 23.7 Å². The van der Waals surface area contributed by atoms with Gasteiger partial charge in [0.25, 0.3) is 0 Å². The van der Waals surface area contributed by atoms with Crippen molar-refractivity contribution in [2.45, 2.75) is 25.7 Å². The fourth-order valence-corrected chi connectivity index (χ4v) is 4.88. The molecule has 1 aliphatic heterocycles. The van der Waals surface area contributed by atoms with Gasteiger partial charge in [-0.25, -0.2) is 0 Å². The first-order chi connectivity index (χ1) is 11.5. The average molecular weight is 347 g/mol. The van der Waals surface area contributed by atoms with E-state index in [9.17, 15) is 14.4 Å². The van der Waals surface area contributed by atoms with Crippen LogP contribution in [0.4, 0.5) is 5.69 Å². The number of anilines is 1. The molecule has 6 heteroatoms. The lowest BCUT2D eigenvalue weighted by Gasteiger charge is -2.19. The molecule has 5 nitrogen and oxygen atoms in total. The number of halogens is 1. The Bertz CT molecular complexity index is 692. The van der Waals surface area contributed by atoms with Gasteiger partial charge in [-0.15, -0.1) is 0 Å². The summed E-state index contributed by atoms with van der Waals surface area (Å²) in [5, 5.41) is 3.29. The van der Waals surface area contributed by atoms with Crippen molar-refractivity contribution in [1.29, 1.82) is 0 Å². The van der Waals surface area contributed by atoms with Gasteiger partial charge in [-0.3, -0.25) is 19.3 Å². The Kier molecular flexibility index (Phi) is 3.83. The topological polar surface area (TPSA) is 66.5 Å². The van der Waals surface area contributed by atoms with Gasteiger partial charge in [-0.2, -0.15) is 0 Å².